The molecule has 1 atom stereocenters. The highest BCUT2D eigenvalue weighted by atomic mass is 16.5. The Morgan fingerprint density at radius 3 is 2.50 bits per heavy atom. The number of carbonyl (C=O) groups is 1. The summed E-state index contributed by atoms with van der Waals surface area (Å²) in [5.41, 5.74) is 0.901. The van der Waals surface area contributed by atoms with Crippen molar-refractivity contribution in [2.45, 2.75) is 24.5 Å². The average molecular weight is 517 g/mol. The molecule has 1 amide bonds. The Morgan fingerprint density at radius 1 is 0.974 bits per heavy atom. The lowest BCUT2D eigenvalue weighted by molar-refractivity contribution is -0.129. The highest BCUT2D eigenvalue weighted by Crippen LogP contribution is 2.37. The number of amides is 1. The molecular weight excluding hydrogens is 480 g/mol. The van der Waals surface area contributed by atoms with Crippen molar-refractivity contribution in [2.24, 2.45) is 0 Å². The number of aliphatic hydroxyl groups excluding tert-OH is 1. The van der Waals surface area contributed by atoms with Gasteiger partial charge in [0.05, 0.1) is 18.8 Å². The van der Waals surface area contributed by atoms with Crippen LogP contribution in [0.25, 0.3) is 16.8 Å². The molecule has 0 aromatic heterocycles. The molecule has 200 valence electrons. The molecule has 2 saturated heterocycles. The van der Waals surface area contributed by atoms with Gasteiger partial charge < -0.3 is 29.5 Å². The number of benzene rings is 3. The maximum atomic E-state index is 12.5. The molecule has 2 aliphatic rings. The van der Waals surface area contributed by atoms with Crippen LogP contribution in [0.2, 0.25) is 0 Å². The second-order valence-corrected chi connectivity index (χ2v) is 10.1. The van der Waals surface area contributed by atoms with Gasteiger partial charge in [0.2, 0.25) is 5.91 Å². The molecule has 0 saturated carbocycles. The van der Waals surface area contributed by atoms with Gasteiger partial charge in [0, 0.05) is 44.4 Å². The first-order valence-electron chi connectivity index (χ1n) is 13.4. The molecule has 0 aliphatic carbocycles. The van der Waals surface area contributed by atoms with Crippen LogP contribution in [-0.4, -0.2) is 84.6 Å². The first-order valence-corrected chi connectivity index (χ1v) is 13.4. The van der Waals surface area contributed by atoms with Gasteiger partial charge in [-0.15, -0.1) is 0 Å². The minimum atomic E-state index is -0.872. The van der Waals surface area contributed by atoms with E-state index in [1.165, 1.54) is 0 Å². The van der Waals surface area contributed by atoms with E-state index in [0.717, 1.165) is 21.9 Å². The van der Waals surface area contributed by atoms with E-state index in [0.29, 0.717) is 64.5 Å². The lowest BCUT2D eigenvalue weighted by Gasteiger charge is -2.39. The van der Waals surface area contributed by atoms with Gasteiger partial charge >= 0.3 is 0 Å². The minimum absolute atomic E-state index is 0.0447. The highest BCUT2D eigenvalue weighted by molar-refractivity contribution is 5.92. The number of likely N-dealkylation sites (tertiary alicyclic amines) is 1. The van der Waals surface area contributed by atoms with Crippen molar-refractivity contribution in [1.29, 1.82) is 0 Å². The zero-order valence-corrected chi connectivity index (χ0v) is 21.7. The van der Waals surface area contributed by atoms with Gasteiger partial charge in [0.25, 0.3) is 0 Å². The Morgan fingerprint density at radius 2 is 1.68 bits per heavy atom. The molecule has 38 heavy (non-hydrogen) atoms. The normalized spacial score (nSPS) is 19.1. The number of fused-ring (bicyclic) bond motifs is 1. The number of para-hydroxylation sites is 1. The maximum Gasteiger partial charge on any atom is 0.246 e. The second kappa shape index (κ2) is 12.1. The highest BCUT2D eigenvalue weighted by Gasteiger charge is 2.35. The third kappa shape index (κ3) is 6.25. The van der Waals surface area contributed by atoms with Crippen molar-refractivity contribution < 1.29 is 24.5 Å². The van der Waals surface area contributed by atoms with E-state index in [2.05, 4.69) is 23.1 Å². The van der Waals surface area contributed by atoms with Gasteiger partial charge in [0.15, 0.2) is 0 Å². The molecule has 3 aromatic carbocycles. The minimum Gasteiger partial charge on any atom is -0.490 e. The van der Waals surface area contributed by atoms with E-state index in [1.54, 1.807) is 17.1 Å². The molecule has 2 fully saturated rings. The van der Waals surface area contributed by atoms with E-state index in [9.17, 15) is 15.0 Å². The van der Waals surface area contributed by atoms with Crippen LogP contribution in [0.4, 0.5) is 0 Å². The van der Waals surface area contributed by atoms with E-state index < -0.39 is 11.7 Å². The maximum absolute atomic E-state index is 12.5. The number of nitrogens with zero attached hydrogens (tertiary/aromatic N) is 2. The fourth-order valence-electron chi connectivity index (χ4n) is 5.34. The number of aliphatic hydroxyl groups is 2. The predicted molar refractivity (Wildman–Crippen MR) is 148 cm³/mol. The molecule has 2 N–H and O–H groups in total. The number of piperidine rings is 1. The van der Waals surface area contributed by atoms with E-state index >= 15 is 0 Å². The summed E-state index contributed by atoms with van der Waals surface area (Å²) in [6.07, 6.45) is 3.87. The summed E-state index contributed by atoms with van der Waals surface area (Å²) in [6.45, 7) is 4.34. The number of rotatable bonds is 8. The van der Waals surface area contributed by atoms with Gasteiger partial charge in [-0.2, -0.15) is 0 Å². The van der Waals surface area contributed by atoms with Gasteiger partial charge in [0.1, 0.15) is 18.5 Å². The van der Waals surface area contributed by atoms with Crippen molar-refractivity contribution >= 4 is 22.8 Å². The summed E-state index contributed by atoms with van der Waals surface area (Å²) in [5, 5.41) is 24.4. The smallest absolute Gasteiger partial charge is 0.246 e. The van der Waals surface area contributed by atoms with Crippen LogP contribution < -0.4 is 4.74 Å². The fraction of sp³-hybridized carbons (Fsp3) is 0.387. The summed E-state index contributed by atoms with van der Waals surface area (Å²) < 4.78 is 11.3. The first-order chi connectivity index (χ1) is 18.5. The van der Waals surface area contributed by atoms with Crippen LogP contribution in [0.15, 0.2) is 72.8 Å². The summed E-state index contributed by atoms with van der Waals surface area (Å²) in [5.74, 6) is 0.582. The predicted octanol–water partition coefficient (Wildman–Crippen LogP) is 3.44. The largest absolute Gasteiger partial charge is 0.490 e. The zero-order valence-electron chi connectivity index (χ0n) is 21.7. The number of ether oxygens (including phenoxy) is 2. The number of hydrogen-bond acceptors (Lipinski definition) is 6. The summed E-state index contributed by atoms with van der Waals surface area (Å²) in [6, 6.07) is 21.8. The quantitative estimate of drug-likeness (QED) is 0.447. The summed E-state index contributed by atoms with van der Waals surface area (Å²) in [4.78, 5) is 16.4. The van der Waals surface area contributed by atoms with E-state index in [4.69, 9.17) is 9.47 Å². The third-order valence-corrected chi connectivity index (χ3v) is 7.52. The van der Waals surface area contributed by atoms with Crippen molar-refractivity contribution in [3.05, 3.63) is 83.9 Å². The van der Waals surface area contributed by atoms with Crippen molar-refractivity contribution in [1.82, 2.24) is 9.80 Å². The van der Waals surface area contributed by atoms with Crippen molar-refractivity contribution in [3.8, 4) is 5.75 Å². The van der Waals surface area contributed by atoms with Crippen molar-refractivity contribution in [2.75, 3.05) is 52.5 Å². The number of morpholine rings is 1. The van der Waals surface area contributed by atoms with E-state index in [-0.39, 0.29) is 12.5 Å². The Kier molecular flexibility index (Phi) is 8.39. The molecule has 7 heteroatoms. The monoisotopic (exact) mass is 516 g/mol. The molecule has 5 rings (SSSR count). The molecule has 0 radical (unpaired) electrons. The lowest BCUT2D eigenvalue weighted by Crippen LogP contribution is -2.46. The Bertz CT molecular complexity index is 1260. The van der Waals surface area contributed by atoms with Crippen LogP contribution in [0.1, 0.15) is 24.0 Å². The fourth-order valence-corrected chi connectivity index (χ4v) is 5.34. The zero-order chi connectivity index (χ0) is 26.4. The van der Waals surface area contributed by atoms with Gasteiger partial charge in [-0.3, -0.25) is 4.79 Å². The standard InChI is InChI=1S/C31H36N2O5/c34-26(23-38-29-11-4-2-7-25(29)12-13-30(35)33-18-20-37-21-19-33)22-32-16-14-31(36,15-17-32)28-10-5-8-24-6-1-3-9-27(24)28/h1-13,26,34,36H,14-23H2. The number of hydrogen-bond donors (Lipinski definition) is 2. The van der Waals surface area contributed by atoms with Gasteiger partial charge in [-0.1, -0.05) is 60.7 Å². The van der Waals surface area contributed by atoms with Crippen LogP contribution in [0, 0.1) is 0 Å². The number of carbonyl (C=O) groups excluding carboxylic acids is 1. The average Bonchev–Trinajstić information content (AvgIpc) is 2.96. The van der Waals surface area contributed by atoms with E-state index in [1.807, 2.05) is 48.5 Å². The Balaban J connectivity index is 1.13. The van der Waals surface area contributed by atoms with Crippen LogP contribution in [-0.2, 0) is 15.1 Å². The summed E-state index contributed by atoms with van der Waals surface area (Å²) in [7, 11) is 0. The first kappa shape index (κ1) is 26.4. The molecule has 0 bridgehead atoms. The lowest BCUT2D eigenvalue weighted by atomic mass is 9.82. The summed E-state index contributed by atoms with van der Waals surface area (Å²) >= 11 is 0. The molecule has 7 nitrogen and oxygen atoms in total. The van der Waals surface area contributed by atoms with Crippen LogP contribution >= 0.6 is 0 Å². The Labute approximate surface area is 223 Å². The molecule has 1 unspecified atom stereocenters. The number of β-amino-alcohol motifs (C(OH)–C–C–N with tert-alkyl or cyclic N) is 1. The molecule has 0 spiro atoms. The molecule has 3 aromatic rings. The second-order valence-electron chi connectivity index (χ2n) is 10.1. The molecule has 2 aliphatic heterocycles. The van der Waals surface area contributed by atoms with Crippen LogP contribution in [0.5, 0.6) is 5.75 Å². The topological polar surface area (TPSA) is 82.5 Å². The van der Waals surface area contributed by atoms with Crippen molar-refractivity contribution in [3.63, 3.8) is 0 Å². The third-order valence-electron chi connectivity index (χ3n) is 7.52. The SMILES string of the molecule is O=C(C=Cc1ccccc1OCC(O)CN1CCC(O)(c2cccc3ccccc23)CC1)N1CCOCC1. The molecule has 2 heterocycles. The van der Waals surface area contributed by atoms with Crippen LogP contribution in [0.3, 0.4) is 0 Å². The van der Waals surface area contributed by atoms with Gasteiger partial charge in [-0.25, -0.2) is 0 Å². The van der Waals surface area contributed by atoms with Gasteiger partial charge in [-0.05, 0) is 41.3 Å². The molecular formula is C31H36N2O5. The Hall–Kier alpha value is -3.23.